The Kier molecular flexibility index (Phi) is 7.45. The van der Waals surface area contributed by atoms with E-state index in [2.05, 4.69) is 25.6 Å². The lowest BCUT2D eigenvalue weighted by molar-refractivity contribution is -0.149. The van der Waals surface area contributed by atoms with Gasteiger partial charge in [-0.3, -0.25) is 10.1 Å². The van der Waals surface area contributed by atoms with Gasteiger partial charge in [-0.25, -0.2) is 24.1 Å². The van der Waals surface area contributed by atoms with Crippen LogP contribution in [0, 0.1) is 5.41 Å². The number of nitrogens with zero attached hydrogens (tertiary/aromatic N) is 5. The Morgan fingerprint density at radius 2 is 1.90 bits per heavy atom. The van der Waals surface area contributed by atoms with Gasteiger partial charge in [0.05, 0.1) is 21.7 Å². The van der Waals surface area contributed by atoms with Crippen LogP contribution in [0.3, 0.4) is 0 Å². The van der Waals surface area contributed by atoms with E-state index in [0.717, 1.165) is 21.4 Å². The molecular formula is C28H32FN7O3S. The first-order chi connectivity index (χ1) is 19.1. The van der Waals surface area contributed by atoms with Gasteiger partial charge < -0.3 is 20.2 Å². The minimum atomic E-state index is -0.770. The van der Waals surface area contributed by atoms with Gasteiger partial charge in [0.25, 0.3) is 0 Å². The third-order valence-electron chi connectivity index (χ3n) is 7.75. The molecule has 0 bridgehead atoms. The Morgan fingerprint density at radius 3 is 2.55 bits per heavy atom. The van der Waals surface area contributed by atoms with E-state index in [1.165, 1.54) is 17.4 Å². The summed E-state index contributed by atoms with van der Waals surface area (Å²) in [6.07, 6.45) is 7.87. The number of thiazole rings is 1. The molecule has 10 nitrogen and oxygen atoms in total. The van der Waals surface area contributed by atoms with Crippen molar-refractivity contribution in [3.05, 3.63) is 53.8 Å². The highest BCUT2D eigenvalue weighted by molar-refractivity contribution is 7.22. The molecule has 1 unspecified atom stereocenters. The Bertz CT molecular complexity index is 1510. The quantitative estimate of drug-likeness (QED) is 0.367. The first kappa shape index (κ1) is 27.5. The maximum absolute atomic E-state index is 14.3. The van der Waals surface area contributed by atoms with Crippen LogP contribution in [0.4, 0.5) is 20.3 Å². The summed E-state index contributed by atoms with van der Waals surface area (Å²) in [4.78, 5) is 41.5. The molecule has 210 valence electrons. The van der Waals surface area contributed by atoms with Crippen LogP contribution in [0.1, 0.15) is 45.2 Å². The zero-order valence-corrected chi connectivity index (χ0v) is 23.7. The molecule has 2 aliphatic rings. The number of anilines is 2. The molecule has 3 N–H and O–H groups in total. The number of amides is 2. The summed E-state index contributed by atoms with van der Waals surface area (Å²) in [7, 11) is 1.85. The highest BCUT2D eigenvalue weighted by Gasteiger charge is 2.37. The van der Waals surface area contributed by atoms with Gasteiger partial charge in [0.2, 0.25) is 5.95 Å². The topological polar surface area (TPSA) is 124 Å². The summed E-state index contributed by atoms with van der Waals surface area (Å²) in [6, 6.07) is 3.41. The summed E-state index contributed by atoms with van der Waals surface area (Å²) >= 11 is 1.37. The molecule has 0 spiro atoms. The van der Waals surface area contributed by atoms with Crippen molar-refractivity contribution in [3.63, 3.8) is 0 Å². The van der Waals surface area contributed by atoms with Crippen LogP contribution in [-0.4, -0.2) is 63.6 Å². The molecular weight excluding hydrogens is 533 g/mol. The fraction of sp³-hybridized carbons (Fsp3) is 0.393. The van der Waals surface area contributed by atoms with Crippen molar-refractivity contribution in [3.8, 4) is 11.1 Å². The number of piperidine rings is 1. The number of carboxylic acids is 1. The molecule has 1 fully saturated rings. The van der Waals surface area contributed by atoms with Gasteiger partial charge in [-0.05, 0) is 62.9 Å². The fourth-order valence-electron chi connectivity index (χ4n) is 4.96. The van der Waals surface area contributed by atoms with E-state index in [1.807, 2.05) is 42.0 Å². The molecule has 3 aromatic rings. The average Bonchev–Trinajstić information content (AvgIpc) is 3.34. The van der Waals surface area contributed by atoms with Crippen molar-refractivity contribution in [1.29, 1.82) is 0 Å². The van der Waals surface area contributed by atoms with Gasteiger partial charge in [0.15, 0.2) is 5.13 Å². The smallest absolute Gasteiger partial charge is 0.321 e. The molecule has 0 saturated carbocycles. The Balaban J connectivity index is 1.48. The number of urea groups is 1. The van der Waals surface area contributed by atoms with E-state index in [9.17, 15) is 19.1 Å². The monoisotopic (exact) mass is 565 g/mol. The van der Waals surface area contributed by atoms with E-state index < -0.39 is 11.4 Å². The van der Waals surface area contributed by atoms with E-state index in [0.29, 0.717) is 54.8 Å². The maximum Gasteiger partial charge on any atom is 0.321 e. The Morgan fingerprint density at radius 1 is 1.20 bits per heavy atom. The van der Waals surface area contributed by atoms with Crippen LogP contribution in [0.15, 0.2) is 48.2 Å². The molecule has 2 aromatic heterocycles. The van der Waals surface area contributed by atoms with Gasteiger partial charge in [-0.1, -0.05) is 17.4 Å². The lowest BCUT2D eigenvalue weighted by atomic mass is 9.80. The molecule has 1 saturated heterocycles. The van der Waals surface area contributed by atoms with E-state index >= 15 is 0 Å². The molecule has 2 amide bonds. The van der Waals surface area contributed by atoms with Gasteiger partial charge in [-0.15, -0.1) is 0 Å². The molecule has 1 atom stereocenters. The predicted molar refractivity (Wildman–Crippen MR) is 154 cm³/mol. The summed E-state index contributed by atoms with van der Waals surface area (Å²) in [5.41, 5.74) is 3.06. The van der Waals surface area contributed by atoms with Crippen molar-refractivity contribution in [2.45, 2.75) is 39.7 Å². The number of carboxylic acid groups (broad SMARTS) is 1. The number of fused-ring (bicyclic) bond motifs is 1. The van der Waals surface area contributed by atoms with Crippen molar-refractivity contribution in [2.24, 2.45) is 5.41 Å². The number of carbonyl (C=O) groups is 2. The van der Waals surface area contributed by atoms with Crippen LogP contribution >= 0.6 is 11.3 Å². The van der Waals surface area contributed by atoms with E-state index in [4.69, 9.17) is 0 Å². The summed E-state index contributed by atoms with van der Waals surface area (Å²) < 4.78 is 15.2. The number of likely N-dealkylation sites (N-methyl/N-ethyl adjacent to an activating group) is 1. The number of benzene rings is 1. The highest BCUT2D eigenvalue weighted by Crippen LogP contribution is 2.41. The first-order valence-electron chi connectivity index (χ1n) is 13.2. The number of carbonyl (C=O) groups excluding carboxylic acids is 1. The zero-order valence-electron chi connectivity index (χ0n) is 22.9. The van der Waals surface area contributed by atoms with Crippen molar-refractivity contribution in [1.82, 2.24) is 25.2 Å². The van der Waals surface area contributed by atoms with Crippen LogP contribution < -0.4 is 15.5 Å². The van der Waals surface area contributed by atoms with E-state index in [-0.39, 0.29) is 17.9 Å². The molecule has 4 heterocycles. The average molecular weight is 566 g/mol. The first-order valence-corrected chi connectivity index (χ1v) is 14.0. The second-order valence-electron chi connectivity index (χ2n) is 10.4. The number of nitrogens with one attached hydrogen (secondary N) is 2. The number of hydrogen-bond acceptors (Lipinski definition) is 8. The van der Waals surface area contributed by atoms with Crippen LogP contribution in [0.5, 0.6) is 0 Å². The Labute approximate surface area is 235 Å². The van der Waals surface area contributed by atoms with Crippen LogP contribution in [-0.2, 0) is 4.79 Å². The van der Waals surface area contributed by atoms with Gasteiger partial charge in [-0.2, -0.15) is 0 Å². The van der Waals surface area contributed by atoms with Crippen molar-refractivity contribution < 1.29 is 19.1 Å². The SMILES string of the molecule is CCNC(=O)Nc1nc2cc(-c3cnc(N4CCC(C)(C(=O)O)CC4)nc3)cc(C3C=CC(F)=C(C)N3C)c2s1. The second-order valence-corrected chi connectivity index (χ2v) is 11.4. The number of rotatable bonds is 6. The van der Waals surface area contributed by atoms with Crippen molar-refractivity contribution >= 4 is 44.6 Å². The molecule has 0 radical (unpaired) electrons. The normalized spacial score (nSPS) is 18.8. The number of allylic oxidation sites excluding steroid dienone is 3. The predicted octanol–water partition coefficient (Wildman–Crippen LogP) is 5.33. The third kappa shape index (κ3) is 5.23. The summed E-state index contributed by atoms with van der Waals surface area (Å²) in [5.74, 6) is -0.488. The molecule has 0 aliphatic carbocycles. The minimum Gasteiger partial charge on any atom is -0.481 e. The van der Waals surface area contributed by atoms with Gasteiger partial charge in [0.1, 0.15) is 5.83 Å². The van der Waals surface area contributed by atoms with Crippen LogP contribution in [0.25, 0.3) is 21.3 Å². The van der Waals surface area contributed by atoms with Crippen molar-refractivity contribution in [2.75, 3.05) is 36.9 Å². The third-order valence-corrected chi connectivity index (χ3v) is 8.79. The highest BCUT2D eigenvalue weighted by atomic mass is 32.1. The lowest BCUT2D eigenvalue weighted by Crippen LogP contribution is -2.43. The minimum absolute atomic E-state index is 0.239. The molecule has 5 rings (SSSR count). The summed E-state index contributed by atoms with van der Waals surface area (Å²) in [5, 5.41) is 15.5. The van der Waals surface area contributed by atoms with Gasteiger partial charge in [0, 0.05) is 50.3 Å². The standard InChI is InChI=1S/C28H32FN7O3S/c1-5-30-26(39)34-27-33-21-13-17(12-19(23(21)40-27)22-7-6-20(29)16(2)35(22)4)18-14-31-25(32-15-18)36-10-8-28(3,9-11-36)24(37)38/h6-7,12-15,22H,5,8-11H2,1-4H3,(H,37,38)(H2,30,33,34,39). The fourth-order valence-corrected chi connectivity index (χ4v) is 5.95. The second kappa shape index (κ2) is 10.8. The summed E-state index contributed by atoms with van der Waals surface area (Å²) in [6.45, 7) is 7.00. The Hall–Kier alpha value is -4.06. The number of halogens is 1. The number of aliphatic carboxylic acids is 1. The molecule has 1 aromatic carbocycles. The van der Waals surface area contributed by atoms with Crippen LogP contribution in [0.2, 0.25) is 0 Å². The lowest BCUT2D eigenvalue weighted by Gasteiger charge is -2.36. The van der Waals surface area contributed by atoms with E-state index in [1.54, 1.807) is 26.2 Å². The zero-order chi connectivity index (χ0) is 28.6. The number of hydrogen-bond donors (Lipinski definition) is 3. The van der Waals surface area contributed by atoms with Gasteiger partial charge >= 0.3 is 12.0 Å². The molecule has 40 heavy (non-hydrogen) atoms. The largest absolute Gasteiger partial charge is 0.481 e. The maximum atomic E-state index is 14.3. The molecule has 2 aliphatic heterocycles. The molecule has 12 heteroatoms. The number of aromatic nitrogens is 3.